The molecule has 0 aromatic rings. The topological polar surface area (TPSA) is 95.9 Å². The molecule has 1 aliphatic carbocycles. The normalized spacial score (nSPS) is 26.8. The Morgan fingerprint density at radius 3 is 2.44 bits per heavy atom. The van der Waals surface area contributed by atoms with E-state index in [1.165, 1.54) is 24.3 Å². The highest BCUT2D eigenvalue weighted by Gasteiger charge is 2.41. The molecule has 1 amide bonds. The van der Waals surface area contributed by atoms with Crippen molar-refractivity contribution in [1.29, 1.82) is 0 Å². The van der Waals surface area contributed by atoms with Gasteiger partial charge in [0.15, 0.2) is 5.72 Å². The number of hydrogen-bond donors (Lipinski definition) is 3. The van der Waals surface area contributed by atoms with Gasteiger partial charge in [0.1, 0.15) is 11.5 Å². The third-order valence-electron chi connectivity index (χ3n) is 2.21. The first-order valence-electron chi connectivity index (χ1n) is 5.46. The first-order chi connectivity index (χ1) is 8.14. The van der Waals surface area contributed by atoms with E-state index in [-0.39, 0.29) is 0 Å². The van der Waals surface area contributed by atoms with Crippen molar-refractivity contribution in [3.05, 3.63) is 24.3 Å². The summed E-state index contributed by atoms with van der Waals surface area (Å²) in [7, 11) is 0. The van der Waals surface area contributed by atoms with Gasteiger partial charge in [0.25, 0.3) is 0 Å². The van der Waals surface area contributed by atoms with Gasteiger partial charge in [0, 0.05) is 0 Å². The van der Waals surface area contributed by atoms with Crippen molar-refractivity contribution in [1.82, 2.24) is 5.32 Å². The van der Waals surface area contributed by atoms with Gasteiger partial charge in [-0.15, -0.1) is 0 Å². The zero-order valence-corrected chi connectivity index (χ0v) is 10.5. The van der Waals surface area contributed by atoms with Crippen molar-refractivity contribution >= 4 is 12.1 Å². The second-order valence-corrected chi connectivity index (χ2v) is 5.01. The second kappa shape index (κ2) is 4.81. The Kier molecular flexibility index (Phi) is 3.81. The standard InChI is InChI=1S/C12H17NO5/c1-11(2,3)18-10(16)13-12(17)7-5-4-6-8(12)9(14)15/h4-8,17H,1-3H3,(H,13,16)(H,14,15). The predicted molar refractivity (Wildman–Crippen MR) is 63.7 cm³/mol. The number of hydrogen-bond acceptors (Lipinski definition) is 4. The number of alkyl carbamates (subject to hydrolysis) is 1. The molecule has 100 valence electrons. The molecule has 0 aromatic heterocycles. The number of carboxylic acids is 1. The summed E-state index contributed by atoms with van der Waals surface area (Å²) in [6, 6.07) is 0. The number of allylic oxidation sites excluding steroid dienone is 2. The van der Waals surface area contributed by atoms with Crippen LogP contribution in [0.25, 0.3) is 0 Å². The maximum atomic E-state index is 11.6. The molecule has 0 aliphatic heterocycles. The third-order valence-corrected chi connectivity index (χ3v) is 2.21. The summed E-state index contributed by atoms with van der Waals surface area (Å²) in [5.74, 6) is -2.50. The number of amides is 1. The summed E-state index contributed by atoms with van der Waals surface area (Å²) in [5.41, 5.74) is -2.71. The minimum absolute atomic E-state index is 0.729. The molecule has 0 saturated carbocycles. The predicted octanol–water partition coefficient (Wildman–Crippen LogP) is 1.03. The van der Waals surface area contributed by atoms with Crippen LogP contribution in [0.4, 0.5) is 4.79 Å². The van der Waals surface area contributed by atoms with E-state index in [2.05, 4.69) is 5.32 Å². The minimum Gasteiger partial charge on any atom is -0.481 e. The number of carbonyl (C=O) groups is 2. The van der Waals surface area contributed by atoms with Crippen molar-refractivity contribution in [2.24, 2.45) is 5.92 Å². The van der Waals surface area contributed by atoms with Crippen LogP contribution in [0.2, 0.25) is 0 Å². The summed E-state index contributed by atoms with van der Waals surface area (Å²) in [5, 5.41) is 21.3. The molecule has 0 fully saturated rings. The number of rotatable bonds is 2. The molecule has 3 N–H and O–H groups in total. The SMILES string of the molecule is CC(C)(C)OC(=O)NC1(O)C=CC=CC1C(=O)O. The molecule has 0 aromatic carbocycles. The Bertz CT molecular complexity index is 407. The number of aliphatic carboxylic acids is 1. The van der Waals surface area contributed by atoms with Crippen molar-refractivity contribution < 1.29 is 24.5 Å². The van der Waals surface area contributed by atoms with E-state index in [0.717, 1.165) is 0 Å². The fraction of sp³-hybridized carbons (Fsp3) is 0.500. The molecule has 6 heteroatoms. The molecule has 0 spiro atoms. The van der Waals surface area contributed by atoms with Crippen LogP contribution in [0.15, 0.2) is 24.3 Å². The Hall–Kier alpha value is -1.82. The lowest BCUT2D eigenvalue weighted by atomic mass is 9.91. The molecule has 0 bridgehead atoms. The van der Waals surface area contributed by atoms with E-state index < -0.39 is 29.3 Å². The van der Waals surface area contributed by atoms with Crippen LogP contribution >= 0.6 is 0 Å². The summed E-state index contributed by atoms with van der Waals surface area (Å²) in [6.07, 6.45) is 4.56. The van der Waals surface area contributed by atoms with E-state index in [1.54, 1.807) is 20.8 Å². The van der Waals surface area contributed by atoms with E-state index in [4.69, 9.17) is 9.84 Å². The van der Waals surface area contributed by atoms with Crippen molar-refractivity contribution in [3.8, 4) is 0 Å². The van der Waals surface area contributed by atoms with Crippen LogP contribution in [-0.4, -0.2) is 33.6 Å². The summed E-state index contributed by atoms with van der Waals surface area (Å²) in [4.78, 5) is 22.6. The summed E-state index contributed by atoms with van der Waals surface area (Å²) >= 11 is 0. The highest BCUT2D eigenvalue weighted by molar-refractivity contribution is 5.77. The quantitative estimate of drug-likeness (QED) is 0.640. The van der Waals surface area contributed by atoms with Crippen molar-refractivity contribution in [2.75, 3.05) is 0 Å². The van der Waals surface area contributed by atoms with E-state index in [9.17, 15) is 14.7 Å². The number of ether oxygens (including phenoxy) is 1. The van der Waals surface area contributed by atoms with E-state index in [0.29, 0.717) is 0 Å². The molecule has 18 heavy (non-hydrogen) atoms. The highest BCUT2D eigenvalue weighted by atomic mass is 16.6. The third kappa shape index (κ3) is 3.59. The lowest BCUT2D eigenvalue weighted by Crippen LogP contribution is -2.55. The van der Waals surface area contributed by atoms with Crippen molar-refractivity contribution in [3.63, 3.8) is 0 Å². The Morgan fingerprint density at radius 1 is 1.33 bits per heavy atom. The number of carboxylic acid groups (broad SMARTS) is 1. The molecule has 1 aliphatic rings. The van der Waals surface area contributed by atoms with Gasteiger partial charge in [-0.25, -0.2) is 4.79 Å². The van der Waals surface area contributed by atoms with E-state index >= 15 is 0 Å². The Balaban J connectivity index is 2.80. The van der Waals surface area contributed by atoms with Crippen LogP contribution in [0.5, 0.6) is 0 Å². The molecule has 0 saturated heterocycles. The Morgan fingerprint density at radius 2 is 1.94 bits per heavy atom. The fourth-order valence-corrected chi connectivity index (χ4v) is 1.48. The molecule has 0 radical (unpaired) electrons. The van der Waals surface area contributed by atoms with Crippen LogP contribution in [0, 0.1) is 5.92 Å². The van der Waals surface area contributed by atoms with Gasteiger partial charge in [-0.2, -0.15) is 0 Å². The zero-order chi connectivity index (χ0) is 14.0. The summed E-state index contributed by atoms with van der Waals surface area (Å²) in [6.45, 7) is 5.01. The molecule has 2 unspecified atom stereocenters. The molecule has 1 rings (SSSR count). The smallest absolute Gasteiger partial charge is 0.410 e. The zero-order valence-electron chi connectivity index (χ0n) is 10.5. The number of nitrogens with one attached hydrogen (secondary N) is 1. The van der Waals surface area contributed by atoms with Gasteiger partial charge in [0.05, 0.1) is 0 Å². The average Bonchev–Trinajstić information content (AvgIpc) is 2.13. The van der Waals surface area contributed by atoms with Gasteiger partial charge in [-0.3, -0.25) is 10.1 Å². The van der Waals surface area contributed by atoms with Crippen LogP contribution < -0.4 is 5.32 Å². The maximum Gasteiger partial charge on any atom is 0.410 e. The van der Waals surface area contributed by atoms with Gasteiger partial charge < -0.3 is 14.9 Å². The van der Waals surface area contributed by atoms with Crippen LogP contribution in [0.3, 0.4) is 0 Å². The molecule has 6 nitrogen and oxygen atoms in total. The highest BCUT2D eigenvalue weighted by Crippen LogP contribution is 2.23. The number of carbonyl (C=O) groups excluding carboxylic acids is 1. The van der Waals surface area contributed by atoms with Gasteiger partial charge in [-0.1, -0.05) is 18.2 Å². The number of aliphatic hydroxyl groups is 1. The molecule has 2 atom stereocenters. The summed E-state index contributed by atoms with van der Waals surface area (Å²) < 4.78 is 4.97. The van der Waals surface area contributed by atoms with Gasteiger partial charge >= 0.3 is 12.1 Å². The first kappa shape index (κ1) is 14.2. The van der Waals surface area contributed by atoms with Gasteiger partial charge in [-0.05, 0) is 26.8 Å². The molecule has 0 heterocycles. The average molecular weight is 255 g/mol. The molecular formula is C12H17NO5. The lowest BCUT2D eigenvalue weighted by Gasteiger charge is -2.32. The van der Waals surface area contributed by atoms with Crippen LogP contribution in [-0.2, 0) is 9.53 Å². The van der Waals surface area contributed by atoms with Gasteiger partial charge in [0.2, 0.25) is 0 Å². The van der Waals surface area contributed by atoms with E-state index in [1.807, 2.05) is 0 Å². The fourth-order valence-electron chi connectivity index (χ4n) is 1.48. The molecular weight excluding hydrogens is 238 g/mol. The minimum atomic E-state index is -1.98. The Labute approximate surface area is 105 Å². The monoisotopic (exact) mass is 255 g/mol. The largest absolute Gasteiger partial charge is 0.481 e. The second-order valence-electron chi connectivity index (χ2n) is 5.01. The van der Waals surface area contributed by atoms with Crippen molar-refractivity contribution in [2.45, 2.75) is 32.1 Å². The maximum absolute atomic E-state index is 11.6. The lowest BCUT2D eigenvalue weighted by molar-refractivity contribution is -0.147. The van der Waals surface area contributed by atoms with Crippen LogP contribution in [0.1, 0.15) is 20.8 Å². The first-order valence-corrected chi connectivity index (χ1v) is 5.46.